The van der Waals surface area contributed by atoms with Crippen molar-refractivity contribution in [3.05, 3.63) is 52.3 Å². The summed E-state index contributed by atoms with van der Waals surface area (Å²) in [5, 5.41) is 8.40. The number of rotatable bonds is 4. The van der Waals surface area contributed by atoms with Gasteiger partial charge in [0.2, 0.25) is 0 Å². The number of aromatic nitrogens is 1. The van der Waals surface area contributed by atoms with E-state index < -0.39 is 11.6 Å². The molecule has 1 aliphatic rings. The lowest BCUT2D eigenvalue weighted by Gasteiger charge is -2.17. The molecule has 0 aliphatic carbocycles. The molecule has 1 atom stereocenters. The van der Waals surface area contributed by atoms with Crippen LogP contribution in [0, 0.1) is 13.8 Å². The lowest BCUT2D eigenvalue weighted by Crippen LogP contribution is -2.42. The van der Waals surface area contributed by atoms with E-state index >= 15 is 0 Å². The van der Waals surface area contributed by atoms with E-state index in [9.17, 15) is 9.59 Å². The normalized spacial score (nSPS) is 20.3. The van der Waals surface area contributed by atoms with Gasteiger partial charge in [-0.05, 0) is 57.5 Å². The van der Waals surface area contributed by atoms with E-state index in [2.05, 4.69) is 15.0 Å². The fourth-order valence-corrected chi connectivity index (χ4v) is 3.16. The van der Waals surface area contributed by atoms with Crippen LogP contribution >= 0.6 is 11.6 Å². The fourth-order valence-electron chi connectivity index (χ4n) is 3.04. The molecular weight excluding hydrogens is 352 g/mol. The second kappa shape index (κ2) is 6.61. The van der Waals surface area contributed by atoms with E-state index in [1.807, 2.05) is 51.1 Å². The van der Waals surface area contributed by atoms with Crippen LogP contribution in [-0.2, 0) is 4.79 Å². The minimum atomic E-state index is -0.894. The molecule has 6 nitrogen and oxygen atoms in total. The number of imide groups is 1. The highest BCUT2D eigenvalue weighted by atomic mass is 35.5. The van der Waals surface area contributed by atoms with Crippen LogP contribution in [0.1, 0.15) is 37.2 Å². The first-order valence-electron chi connectivity index (χ1n) is 8.42. The van der Waals surface area contributed by atoms with Gasteiger partial charge in [-0.25, -0.2) is 4.79 Å². The molecule has 1 fully saturated rings. The Morgan fingerprint density at radius 1 is 1.23 bits per heavy atom. The lowest BCUT2D eigenvalue weighted by molar-refractivity contribution is -0.130. The van der Waals surface area contributed by atoms with Gasteiger partial charge in [-0.1, -0.05) is 18.5 Å². The molecule has 1 aromatic heterocycles. The number of halogens is 1. The smallest absolute Gasteiger partial charge is 0.322 e. The Bertz CT molecular complexity index is 901. The molecule has 2 heterocycles. The number of urea groups is 1. The first-order chi connectivity index (χ1) is 12.3. The average molecular weight is 373 g/mol. The van der Waals surface area contributed by atoms with E-state index in [1.165, 1.54) is 0 Å². The molecule has 3 rings (SSSR count). The molecule has 7 heteroatoms. The summed E-state index contributed by atoms with van der Waals surface area (Å²) in [7, 11) is 0. The van der Waals surface area contributed by atoms with E-state index in [4.69, 9.17) is 11.6 Å². The van der Waals surface area contributed by atoms with E-state index in [-0.39, 0.29) is 5.91 Å². The van der Waals surface area contributed by atoms with Crippen molar-refractivity contribution in [3.8, 4) is 5.69 Å². The molecule has 1 aromatic carbocycles. The number of hydrogen-bond acceptors (Lipinski definition) is 3. The maximum atomic E-state index is 12.4. The van der Waals surface area contributed by atoms with Crippen molar-refractivity contribution in [2.24, 2.45) is 5.10 Å². The fraction of sp³-hybridized carbons (Fsp3) is 0.316. The lowest BCUT2D eigenvalue weighted by atomic mass is 10.00. The van der Waals surface area contributed by atoms with Crippen LogP contribution in [0.2, 0.25) is 5.02 Å². The summed E-state index contributed by atoms with van der Waals surface area (Å²) in [4.78, 5) is 24.5. The summed E-state index contributed by atoms with van der Waals surface area (Å²) in [5.41, 5.74) is 2.90. The summed E-state index contributed by atoms with van der Waals surface area (Å²) in [5.74, 6) is -0.340. The quantitative estimate of drug-likeness (QED) is 0.655. The zero-order chi connectivity index (χ0) is 19.1. The molecule has 26 heavy (non-hydrogen) atoms. The molecule has 0 radical (unpaired) electrons. The Balaban J connectivity index is 1.91. The Kier molecular flexibility index (Phi) is 4.63. The highest BCUT2D eigenvalue weighted by Gasteiger charge is 2.46. The predicted molar refractivity (Wildman–Crippen MR) is 102 cm³/mol. The van der Waals surface area contributed by atoms with Gasteiger partial charge < -0.3 is 9.88 Å². The van der Waals surface area contributed by atoms with E-state index in [0.717, 1.165) is 27.6 Å². The van der Waals surface area contributed by atoms with Crippen molar-refractivity contribution in [1.29, 1.82) is 0 Å². The summed E-state index contributed by atoms with van der Waals surface area (Å²) in [6.45, 7) is 7.51. The van der Waals surface area contributed by atoms with Gasteiger partial charge in [-0.2, -0.15) is 5.10 Å². The van der Waals surface area contributed by atoms with Crippen molar-refractivity contribution < 1.29 is 9.59 Å². The highest BCUT2D eigenvalue weighted by Crippen LogP contribution is 2.23. The molecule has 1 aliphatic heterocycles. The molecule has 3 amide bonds. The van der Waals surface area contributed by atoms with Crippen molar-refractivity contribution >= 4 is 29.8 Å². The molecule has 136 valence electrons. The van der Waals surface area contributed by atoms with Gasteiger partial charge in [0.25, 0.3) is 5.91 Å². The van der Waals surface area contributed by atoms with Crippen LogP contribution in [0.3, 0.4) is 0 Å². The Labute approximate surface area is 157 Å². The van der Waals surface area contributed by atoms with Gasteiger partial charge in [-0.15, -0.1) is 5.01 Å². The first kappa shape index (κ1) is 18.2. The second-order valence-corrected chi connectivity index (χ2v) is 7.05. The summed E-state index contributed by atoms with van der Waals surface area (Å²) < 4.78 is 2.07. The molecular formula is C19H21ClN4O2. The minimum Gasteiger partial charge on any atom is -0.322 e. The van der Waals surface area contributed by atoms with Crippen LogP contribution in [0.5, 0.6) is 0 Å². The van der Waals surface area contributed by atoms with E-state index in [1.54, 1.807) is 13.1 Å². The number of aryl methyl sites for hydroxylation is 1. The van der Waals surface area contributed by atoms with Crippen molar-refractivity contribution in [3.63, 3.8) is 0 Å². The largest absolute Gasteiger partial charge is 0.346 e. The van der Waals surface area contributed by atoms with Crippen LogP contribution in [0.4, 0.5) is 4.79 Å². The molecule has 2 aromatic rings. The van der Waals surface area contributed by atoms with Gasteiger partial charge in [0.05, 0.1) is 6.21 Å². The van der Waals surface area contributed by atoms with Gasteiger partial charge in [0.15, 0.2) is 0 Å². The molecule has 1 N–H and O–H groups in total. The van der Waals surface area contributed by atoms with Crippen LogP contribution in [0.25, 0.3) is 5.69 Å². The van der Waals surface area contributed by atoms with Gasteiger partial charge in [-0.3, -0.25) is 4.79 Å². The number of amides is 3. The molecule has 0 unspecified atom stereocenters. The number of hydrogen-bond donors (Lipinski definition) is 1. The van der Waals surface area contributed by atoms with Crippen LogP contribution in [-0.4, -0.2) is 33.3 Å². The third-order valence-electron chi connectivity index (χ3n) is 4.81. The molecule has 0 saturated carbocycles. The number of carbonyl (C=O) groups is 2. The van der Waals surface area contributed by atoms with Crippen molar-refractivity contribution in [2.75, 3.05) is 0 Å². The first-order valence-corrected chi connectivity index (χ1v) is 8.80. The SMILES string of the molecule is CC[C@@]1(C)NC(=O)N(/N=C\c2cc(C)n(-c3ccc(Cl)cc3)c2C)C1=O. The number of benzene rings is 1. The number of hydrazone groups is 1. The third kappa shape index (κ3) is 3.01. The Morgan fingerprint density at radius 3 is 2.46 bits per heavy atom. The Hall–Kier alpha value is -2.60. The summed E-state index contributed by atoms with van der Waals surface area (Å²) >= 11 is 5.96. The highest BCUT2D eigenvalue weighted by molar-refractivity contribution is 6.30. The minimum absolute atomic E-state index is 0.340. The predicted octanol–water partition coefficient (Wildman–Crippen LogP) is 3.80. The van der Waals surface area contributed by atoms with Gasteiger partial charge in [0, 0.05) is 27.7 Å². The maximum Gasteiger partial charge on any atom is 0.346 e. The molecule has 1 saturated heterocycles. The van der Waals surface area contributed by atoms with Crippen LogP contribution in [0.15, 0.2) is 35.4 Å². The monoisotopic (exact) mass is 372 g/mol. The summed E-state index contributed by atoms with van der Waals surface area (Å²) in [6.07, 6.45) is 2.06. The van der Waals surface area contributed by atoms with Gasteiger partial charge in [0.1, 0.15) is 5.54 Å². The number of nitrogens with one attached hydrogen (secondary N) is 1. The standard InChI is InChI=1S/C19H21ClN4O2/c1-5-19(4)17(25)24(18(26)22-19)21-11-14-10-12(2)23(13(14)3)16-8-6-15(20)7-9-16/h6-11H,5H2,1-4H3,(H,22,26)/b21-11-/t19-/m1/s1. The van der Waals surface area contributed by atoms with Crippen LogP contribution < -0.4 is 5.32 Å². The number of nitrogens with zero attached hydrogens (tertiary/aromatic N) is 3. The zero-order valence-electron chi connectivity index (χ0n) is 15.2. The van der Waals surface area contributed by atoms with Crippen molar-refractivity contribution in [1.82, 2.24) is 14.9 Å². The zero-order valence-corrected chi connectivity index (χ0v) is 16.0. The van der Waals surface area contributed by atoms with Gasteiger partial charge >= 0.3 is 6.03 Å². The molecule has 0 bridgehead atoms. The topological polar surface area (TPSA) is 66.7 Å². The van der Waals surface area contributed by atoms with E-state index in [0.29, 0.717) is 11.4 Å². The number of carbonyl (C=O) groups excluding carboxylic acids is 2. The van der Waals surface area contributed by atoms with Crippen molar-refractivity contribution in [2.45, 2.75) is 39.7 Å². The Morgan fingerprint density at radius 2 is 1.88 bits per heavy atom. The second-order valence-electron chi connectivity index (χ2n) is 6.62. The maximum absolute atomic E-state index is 12.4. The third-order valence-corrected chi connectivity index (χ3v) is 5.07. The molecule has 0 spiro atoms. The summed E-state index contributed by atoms with van der Waals surface area (Å²) in [6, 6.07) is 9.01. The average Bonchev–Trinajstić information content (AvgIpc) is 3.00.